The molecular weight excluding hydrogens is 212 g/mol. The lowest BCUT2D eigenvalue weighted by molar-refractivity contribution is -0.385. The molecule has 0 spiro atoms. The van der Waals surface area contributed by atoms with Gasteiger partial charge in [0.25, 0.3) is 0 Å². The van der Waals surface area contributed by atoms with Crippen LogP contribution in [-0.2, 0) is 0 Å². The molecule has 7 heteroatoms. The maximum Gasteiger partial charge on any atom is 0.311 e. The van der Waals surface area contributed by atoms with Gasteiger partial charge in [0, 0.05) is 6.07 Å². The smallest absolute Gasteiger partial charge is 0.311 e. The Morgan fingerprint density at radius 2 is 2.38 bits per heavy atom. The van der Waals surface area contributed by atoms with Crippen molar-refractivity contribution in [1.82, 2.24) is 0 Å². The second kappa shape index (κ2) is 4.87. The lowest BCUT2D eigenvalue weighted by atomic mass is 10.1. The molecule has 0 bridgehead atoms. The van der Waals surface area contributed by atoms with E-state index in [1.165, 1.54) is 25.3 Å². The van der Waals surface area contributed by atoms with E-state index in [9.17, 15) is 10.1 Å². The number of aliphatic imine (C=N–C) groups is 1. The highest BCUT2D eigenvalue weighted by Crippen LogP contribution is 2.30. The molecule has 0 fully saturated rings. The summed E-state index contributed by atoms with van der Waals surface area (Å²) in [6.07, 6.45) is 0.945. The second-order valence-corrected chi connectivity index (χ2v) is 2.74. The number of ether oxygens (including phenoxy) is 1. The zero-order chi connectivity index (χ0) is 12.1. The highest BCUT2D eigenvalue weighted by atomic mass is 16.6. The van der Waals surface area contributed by atoms with Crippen molar-refractivity contribution in [3.05, 3.63) is 33.9 Å². The molecule has 1 aromatic rings. The van der Waals surface area contributed by atoms with Crippen LogP contribution in [-0.4, -0.2) is 24.2 Å². The zero-order valence-electron chi connectivity index (χ0n) is 8.51. The van der Waals surface area contributed by atoms with Crippen LogP contribution < -0.4 is 10.5 Å². The molecule has 0 saturated carbocycles. The molecule has 16 heavy (non-hydrogen) atoms. The largest absolute Gasteiger partial charge is 0.490 e. The van der Waals surface area contributed by atoms with E-state index in [0.717, 1.165) is 6.34 Å². The number of hydrogen-bond acceptors (Lipinski definition) is 4. The number of benzene rings is 1. The van der Waals surface area contributed by atoms with Gasteiger partial charge in [-0.2, -0.15) is 0 Å². The van der Waals surface area contributed by atoms with Gasteiger partial charge in [-0.25, -0.2) is 4.99 Å². The first-order chi connectivity index (χ1) is 7.61. The molecule has 1 rings (SSSR count). The lowest BCUT2D eigenvalue weighted by Crippen LogP contribution is -2.04. The Balaban J connectivity index is 3.34. The highest BCUT2D eigenvalue weighted by molar-refractivity contribution is 6.03. The maximum atomic E-state index is 10.7. The Morgan fingerprint density at radius 3 is 2.88 bits per heavy atom. The van der Waals surface area contributed by atoms with Crippen LogP contribution in [0.5, 0.6) is 5.75 Å². The van der Waals surface area contributed by atoms with Crippen LogP contribution >= 0.6 is 0 Å². The van der Waals surface area contributed by atoms with Crippen LogP contribution in [0.1, 0.15) is 5.56 Å². The SMILES string of the molecule is COc1c(C(=N)/N=C\N)cccc1[N+](=O)[O-]. The second-order valence-electron chi connectivity index (χ2n) is 2.74. The fourth-order valence-electron chi connectivity index (χ4n) is 1.21. The topological polar surface area (TPSA) is 115 Å². The number of hydrogen-bond donors (Lipinski definition) is 2. The molecule has 0 radical (unpaired) electrons. The average Bonchev–Trinajstić information content (AvgIpc) is 2.28. The molecule has 0 aromatic heterocycles. The molecule has 0 aliphatic carbocycles. The number of nitrogens with two attached hydrogens (primary N) is 1. The number of rotatable bonds is 3. The van der Waals surface area contributed by atoms with E-state index < -0.39 is 4.92 Å². The fourth-order valence-corrected chi connectivity index (χ4v) is 1.21. The average molecular weight is 222 g/mol. The summed E-state index contributed by atoms with van der Waals surface area (Å²) in [6.45, 7) is 0. The zero-order valence-corrected chi connectivity index (χ0v) is 8.51. The predicted molar refractivity (Wildman–Crippen MR) is 59.2 cm³/mol. The van der Waals surface area contributed by atoms with Gasteiger partial charge in [0.15, 0.2) is 5.84 Å². The lowest BCUT2D eigenvalue weighted by Gasteiger charge is -2.06. The Bertz CT molecular complexity index is 456. The maximum absolute atomic E-state index is 10.7. The quantitative estimate of drug-likeness (QED) is 0.342. The van der Waals surface area contributed by atoms with E-state index in [1.807, 2.05) is 0 Å². The molecule has 0 unspecified atom stereocenters. The van der Waals surface area contributed by atoms with Gasteiger partial charge in [-0.05, 0) is 6.07 Å². The molecule has 7 nitrogen and oxygen atoms in total. The number of nitrogens with one attached hydrogen (secondary N) is 1. The molecule has 0 heterocycles. The van der Waals surface area contributed by atoms with E-state index in [2.05, 4.69) is 4.99 Å². The highest BCUT2D eigenvalue weighted by Gasteiger charge is 2.20. The summed E-state index contributed by atoms with van der Waals surface area (Å²) in [5.74, 6) is -0.189. The summed E-state index contributed by atoms with van der Waals surface area (Å²) in [5.41, 5.74) is 5.06. The van der Waals surface area contributed by atoms with E-state index in [1.54, 1.807) is 0 Å². The van der Waals surface area contributed by atoms with Gasteiger partial charge in [-0.3, -0.25) is 15.5 Å². The normalized spacial score (nSPS) is 10.3. The standard InChI is InChI=1S/C9H10N4O3/c1-16-8-6(9(11)12-5-10)3-2-4-7(8)13(14)15/h2-5H,1H3,(H3,10,11,12). The Kier molecular flexibility index (Phi) is 3.54. The van der Waals surface area contributed by atoms with Crippen molar-refractivity contribution < 1.29 is 9.66 Å². The first-order valence-electron chi connectivity index (χ1n) is 4.26. The molecule has 0 saturated heterocycles. The van der Waals surface area contributed by atoms with Gasteiger partial charge in [0.2, 0.25) is 5.75 Å². The first kappa shape index (κ1) is 11.6. The molecule has 3 N–H and O–H groups in total. The van der Waals surface area contributed by atoms with Gasteiger partial charge < -0.3 is 10.5 Å². The number of nitro benzene ring substituents is 1. The van der Waals surface area contributed by atoms with Crippen molar-refractivity contribution in [1.29, 1.82) is 5.41 Å². The van der Waals surface area contributed by atoms with Crippen LogP contribution in [0, 0.1) is 15.5 Å². The van der Waals surface area contributed by atoms with Crippen molar-refractivity contribution in [2.24, 2.45) is 10.7 Å². The molecular formula is C9H10N4O3. The van der Waals surface area contributed by atoms with Gasteiger partial charge in [0.05, 0.1) is 23.9 Å². The third kappa shape index (κ3) is 2.14. The molecule has 1 aromatic carbocycles. The number of methoxy groups -OCH3 is 1. The van der Waals surface area contributed by atoms with Crippen LogP contribution in [0.4, 0.5) is 5.69 Å². The van der Waals surface area contributed by atoms with E-state index in [-0.39, 0.29) is 22.8 Å². The predicted octanol–water partition coefficient (Wildman–Crippen LogP) is 0.916. The summed E-state index contributed by atoms with van der Waals surface area (Å²) in [7, 11) is 1.30. The van der Waals surface area contributed by atoms with Gasteiger partial charge >= 0.3 is 5.69 Å². The van der Waals surface area contributed by atoms with Crippen molar-refractivity contribution in [3.8, 4) is 5.75 Å². The van der Waals surface area contributed by atoms with Crippen molar-refractivity contribution >= 4 is 17.9 Å². The molecule has 0 aliphatic heterocycles. The van der Waals surface area contributed by atoms with Crippen LogP contribution in [0.2, 0.25) is 0 Å². The summed E-state index contributed by atoms with van der Waals surface area (Å²) >= 11 is 0. The molecule has 0 atom stereocenters. The van der Waals surface area contributed by atoms with Crippen molar-refractivity contribution in [2.45, 2.75) is 0 Å². The van der Waals surface area contributed by atoms with E-state index in [0.29, 0.717) is 0 Å². The van der Waals surface area contributed by atoms with Gasteiger partial charge in [-0.15, -0.1) is 0 Å². The van der Waals surface area contributed by atoms with Crippen molar-refractivity contribution in [2.75, 3.05) is 7.11 Å². The fraction of sp³-hybridized carbons (Fsp3) is 0.111. The molecule has 84 valence electrons. The third-order valence-corrected chi connectivity index (χ3v) is 1.85. The minimum absolute atomic E-state index is 0.00287. The monoisotopic (exact) mass is 222 g/mol. The number of nitro groups is 1. The minimum Gasteiger partial charge on any atom is -0.490 e. The Labute approximate surface area is 91.2 Å². The van der Waals surface area contributed by atoms with E-state index >= 15 is 0 Å². The number of amidine groups is 1. The summed E-state index contributed by atoms with van der Waals surface area (Å²) in [6, 6.07) is 4.25. The van der Waals surface area contributed by atoms with Crippen LogP contribution in [0.3, 0.4) is 0 Å². The van der Waals surface area contributed by atoms with Crippen LogP contribution in [0.25, 0.3) is 0 Å². The van der Waals surface area contributed by atoms with E-state index in [4.69, 9.17) is 15.9 Å². The minimum atomic E-state index is -0.582. The van der Waals surface area contributed by atoms with Gasteiger partial charge in [-0.1, -0.05) is 6.07 Å². The molecule has 0 aliphatic rings. The third-order valence-electron chi connectivity index (χ3n) is 1.85. The number of para-hydroxylation sites is 1. The van der Waals surface area contributed by atoms with Crippen LogP contribution in [0.15, 0.2) is 23.2 Å². The first-order valence-corrected chi connectivity index (χ1v) is 4.26. The summed E-state index contributed by atoms with van der Waals surface area (Å²) in [5, 5.41) is 18.2. The number of nitrogens with zero attached hydrogens (tertiary/aromatic N) is 2. The molecule has 0 amide bonds. The Hall–Kier alpha value is -2.44. The van der Waals surface area contributed by atoms with Gasteiger partial charge in [0.1, 0.15) is 0 Å². The Morgan fingerprint density at radius 1 is 1.69 bits per heavy atom. The summed E-state index contributed by atoms with van der Waals surface area (Å²) in [4.78, 5) is 13.7. The summed E-state index contributed by atoms with van der Waals surface area (Å²) < 4.78 is 4.91. The van der Waals surface area contributed by atoms with Crippen molar-refractivity contribution in [3.63, 3.8) is 0 Å².